The average molecular weight is 250 g/mol. The third kappa shape index (κ3) is 2.10. The van der Waals surface area contributed by atoms with Crippen LogP contribution in [0.25, 0.3) is 22.5 Å². The second kappa shape index (κ2) is 4.98. The first-order chi connectivity index (χ1) is 9.40. The van der Waals surface area contributed by atoms with Gasteiger partial charge in [-0.3, -0.25) is 5.10 Å². The number of nitrogens with zero attached hydrogens (tertiary/aromatic N) is 1. The molecule has 0 aliphatic carbocycles. The Morgan fingerprint density at radius 2 is 1.42 bits per heavy atom. The molecule has 3 aromatic rings. The van der Waals surface area contributed by atoms with E-state index in [2.05, 4.69) is 10.2 Å². The third-order valence-electron chi connectivity index (χ3n) is 3.04. The van der Waals surface area contributed by atoms with Gasteiger partial charge in [0.05, 0.1) is 7.11 Å². The molecular weight excluding hydrogens is 236 g/mol. The number of nitrogens with one attached hydrogen (secondary N) is 1. The number of aromatic nitrogens is 2. The van der Waals surface area contributed by atoms with Gasteiger partial charge in [-0.25, -0.2) is 0 Å². The molecule has 0 atom stereocenters. The van der Waals surface area contributed by atoms with Crippen molar-refractivity contribution in [2.24, 2.45) is 0 Å². The molecule has 19 heavy (non-hydrogen) atoms. The summed E-state index contributed by atoms with van der Waals surface area (Å²) < 4.78 is 5.53. The van der Waals surface area contributed by atoms with E-state index in [0.717, 1.165) is 28.3 Å². The van der Waals surface area contributed by atoms with Crippen LogP contribution in [-0.4, -0.2) is 17.3 Å². The van der Waals surface area contributed by atoms with E-state index in [1.165, 1.54) is 0 Å². The van der Waals surface area contributed by atoms with Gasteiger partial charge < -0.3 is 4.74 Å². The van der Waals surface area contributed by atoms with Gasteiger partial charge in [0.15, 0.2) is 5.75 Å². The van der Waals surface area contributed by atoms with Crippen molar-refractivity contribution >= 4 is 0 Å². The molecule has 0 aliphatic heterocycles. The number of benzene rings is 2. The Balaban J connectivity index is 2.13. The Kier molecular flexibility index (Phi) is 3.02. The number of aromatic amines is 1. The van der Waals surface area contributed by atoms with E-state index in [1.807, 2.05) is 60.7 Å². The zero-order valence-electron chi connectivity index (χ0n) is 10.6. The lowest BCUT2D eigenvalue weighted by atomic mass is 10.1. The van der Waals surface area contributed by atoms with Crippen LogP contribution in [0.4, 0.5) is 0 Å². The fraction of sp³-hybridized carbons (Fsp3) is 0.0625. The van der Waals surface area contributed by atoms with E-state index in [9.17, 15) is 0 Å². The Labute approximate surface area is 111 Å². The summed E-state index contributed by atoms with van der Waals surface area (Å²) in [5.74, 6) is 0.775. The van der Waals surface area contributed by atoms with E-state index < -0.39 is 0 Å². The summed E-state index contributed by atoms with van der Waals surface area (Å²) in [6.07, 6.45) is 0. The minimum Gasteiger partial charge on any atom is -0.492 e. The number of rotatable bonds is 3. The minimum absolute atomic E-state index is 0.775. The average Bonchev–Trinajstić information content (AvgIpc) is 2.93. The molecule has 0 radical (unpaired) electrons. The van der Waals surface area contributed by atoms with Crippen molar-refractivity contribution in [2.75, 3.05) is 7.11 Å². The van der Waals surface area contributed by atoms with Crippen LogP contribution >= 0.6 is 0 Å². The van der Waals surface area contributed by atoms with Crippen LogP contribution < -0.4 is 4.74 Å². The normalized spacial score (nSPS) is 10.4. The fourth-order valence-electron chi connectivity index (χ4n) is 2.12. The van der Waals surface area contributed by atoms with Crippen LogP contribution in [0.1, 0.15) is 0 Å². The predicted octanol–water partition coefficient (Wildman–Crippen LogP) is 3.75. The van der Waals surface area contributed by atoms with Crippen LogP contribution in [-0.2, 0) is 0 Å². The zero-order valence-corrected chi connectivity index (χ0v) is 10.6. The molecule has 2 aromatic carbocycles. The molecular formula is C16H14N2O. The van der Waals surface area contributed by atoms with Crippen LogP contribution in [0.2, 0.25) is 0 Å². The van der Waals surface area contributed by atoms with Crippen molar-refractivity contribution in [3.05, 3.63) is 60.7 Å². The molecule has 0 spiro atoms. The topological polar surface area (TPSA) is 37.9 Å². The number of hydrogen-bond acceptors (Lipinski definition) is 2. The van der Waals surface area contributed by atoms with Crippen molar-refractivity contribution in [1.29, 1.82) is 0 Å². The molecule has 3 nitrogen and oxygen atoms in total. The highest BCUT2D eigenvalue weighted by Gasteiger charge is 2.16. The molecule has 0 saturated heterocycles. The fourth-order valence-corrected chi connectivity index (χ4v) is 2.12. The molecule has 1 heterocycles. The molecule has 0 amide bonds. The highest BCUT2D eigenvalue weighted by atomic mass is 16.5. The number of hydrogen-bond donors (Lipinski definition) is 1. The van der Waals surface area contributed by atoms with Crippen molar-refractivity contribution in [3.63, 3.8) is 0 Å². The van der Waals surface area contributed by atoms with Gasteiger partial charge in [0, 0.05) is 11.1 Å². The molecule has 3 rings (SSSR count). The molecule has 3 heteroatoms. The largest absolute Gasteiger partial charge is 0.492 e. The Bertz CT molecular complexity index is 603. The molecule has 0 saturated carbocycles. The lowest BCUT2D eigenvalue weighted by Crippen LogP contribution is -1.87. The van der Waals surface area contributed by atoms with Gasteiger partial charge in [0.2, 0.25) is 0 Å². The van der Waals surface area contributed by atoms with Crippen molar-refractivity contribution < 1.29 is 4.74 Å². The molecule has 0 unspecified atom stereocenters. The standard InChI is InChI=1S/C16H14N2O/c1-19-16-14(12-8-4-2-5-9-12)17-18-15(16)13-10-6-3-7-11-13/h2-11H,1H3,(H,17,18). The second-order valence-corrected chi connectivity index (χ2v) is 4.21. The van der Waals surface area contributed by atoms with Crippen molar-refractivity contribution in [3.8, 4) is 28.3 Å². The van der Waals surface area contributed by atoms with Crippen LogP contribution in [0, 0.1) is 0 Å². The van der Waals surface area contributed by atoms with Gasteiger partial charge in [-0.15, -0.1) is 0 Å². The van der Waals surface area contributed by atoms with Gasteiger partial charge >= 0.3 is 0 Å². The van der Waals surface area contributed by atoms with E-state index in [1.54, 1.807) is 7.11 Å². The molecule has 0 aliphatic rings. The minimum atomic E-state index is 0.775. The van der Waals surface area contributed by atoms with Gasteiger partial charge in [-0.2, -0.15) is 5.10 Å². The summed E-state index contributed by atoms with van der Waals surface area (Å²) in [4.78, 5) is 0. The summed E-state index contributed by atoms with van der Waals surface area (Å²) in [7, 11) is 1.67. The quantitative estimate of drug-likeness (QED) is 0.768. The summed E-state index contributed by atoms with van der Waals surface area (Å²) in [5.41, 5.74) is 3.84. The van der Waals surface area contributed by atoms with Crippen LogP contribution in [0.3, 0.4) is 0 Å². The first-order valence-corrected chi connectivity index (χ1v) is 6.13. The SMILES string of the molecule is COc1c(-c2ccccc2)n[nH]c1-c1ccccc1. The predicted molar refractivity (Wildman–Crippen MR) is 76.0 cm³/mol. The Morgan fingerprint density at radius 1 is 0.842 bits per heavy atom. The lowest BCUT2D eigenvalue weighted by molar-refractivity contribution is 0.418. The highest BCUT2D eigenvalue weighted by molar-refractivity contribution is 5.77. The number of ether oxygens (including phenoxy) is 1. The molecule has 1 N–H and O–H groups in total. The van der Waals surface area contributed by atoms with E-state index in [0.29, 0.717) is 0 Å². The number of methoxy groups -OCH3 is 1. The Hall–Kier alpha value is -2.55. The van der Waals surface area contributed by atoms with E-state index in [4.69, 9.17) is 4.74 Å². The van der Waals surface area contributed by atoms with Crippen LogP contribution in [0.15, 0.2) is 60.7 Å². The van der Waals surface area contributed by atoms with Gasteiger partial charge in [-0.05, 0) is 0 Å². The molecule has 1 aromatic heterocycles. The molecule has 0 fully saturated rings. The Morgan fingerprint density at radius 3 is 2.00 bits per heavy atom. The van der Waals surface area contributed by atoms with E-state index in [-0.39, 0.29) is 0 Å². The van der Waals surface area contributed by atoms with Gasteiger partial charge in [0.25, 0.3) is 0 Å². The molecule has 0 bridgehead atoms. The van der Waals surface area contributed by atoms with Crippen molar-refractivity contribution in [2.45, 2.75) is 0 Å². The van der Waals surface area contributed by atoms with Crippen LogP contribution in [0.5, 0.6) is 5.75 Å². The summed E-state index contributed by atoms with van der Waals surface area (Å²) in [6, 6.07) is 20.1. The highest BCUT2D eigenvalue weighted by Crippen LogP contribution is 2.36. The smallest absolute Gasteiger partial charge is 0.172 e. The third-order valence-corrected chi connectivity index (χ3v) is 3.04. The number of H-pyrrole nitrogens is 1. The molecule has 94 valence electrons. The summed E-state index contributed by atoms with van der Waals surface area (Å²) in [5, 5.41) is 7.45. The maximum atomic E-state index is 5.53. The maximum absolute atomic E-state index is 5.53. The monoisotopic (exact) mass is 250 g/mol. The van der Waals surface area contributed by atoms with E-state index >= 15 is 0 Å². The summed E-state index contributed by atoms with van der Waals surface area (Å²) >= 11 is 0. The van der Waals surface area contributed by atoms with Crippen molar-refractivity contribution in [1.82, 2.24) is 10.2 Å². The van der Waals surface area contributed by atoms with Gasteiger partial charge in [-0.1, -0.05) is 60.7 Å². The summed E-state index contributed by atoms with van der Waals surface area (Å²) in [6.45, 7) is 0. The lowest BCUT2D eigenvalue weighted by Gasteiger charge is -2.04. The second-order valence-electron chi connectivity index (χ2n) is 4.21. The maximum Gasteiger partial charge on any atom is 0.172 e. The first-order valence-electron chi connectivity index (χ1n) is 6.13. The van der Waals surface area contributed by atoms with Gasteiger partial charge in [0.1, 0.15) is 11.4 Å². The zero-order chi connectivity index (χ0) is 13.1. The first kappa shape index (κ1) is 11.5.